The van der Waals surface area contributed by atoms with Gasteiger partial charge in [-0.3, -0.25) is 0 Å². The van der Waals surface area contributed by atoms with Crippen LogP contribution in [0.25, 0.3) is 0 Å². The van der Waals surface area contributed by atoms with Gasteiger partial charge in [-0.15, -0.1) is 0 Å². The molecular weight excluding hydrogens is 284 g/mol. The fourth-order valence-electron chi connectivity index (χ4n) is 2.86. The summed E-state index contributed by atoms with van der Waals surface area (Å²) >= 11 is 0. The van der Waals surface area contributed by atoms with Gasteiger partial charge in [-0.25, -0.2) is 0 Å². The number of hydrogen-bond donors (Lipinski definition) is 0. The number of nitrogens with zero attached hydrogens (tertiary/aromatic N) is 2. The Morgan fingerprint density at radius 3 is 1.30 bits per heavy atom. The predicted molar refractivity (Wildman–Crippen MR) is 100 cm³/mol. The highest BCUT2D eigenvalue weighted by Gasteiger charge is 2.13. The predicted octanol–water partition coefficient (Wildman–Crippen LogP) is 5.17. The van der Waals surface area contributed by atoms with Gasteiger partial charge in [0.1, 0.15) is 0 Å². The molecule has 3 nitrogen and oxygen atoms in total. The van der Waals surface area contributed by atoms with Crippen LogP contribution in [0, 0.1) is 0 Å². The second-order valence-corrected chi connectivity index (χ2v) is 5.38. The number of benzene rings is 2. The molecule has 0 heterocycles. The van der Waals surface area contributed by atoms with Gasteiger partial charge >= 0.3 is 0 Å². The molecule has 0 aliphatic heterocycles. The molecule has 23 heavy (non-hydrogen) atoms. The first-order valence-corrected chi connectivity index (χ1v) is 8.60. The van der Waals surface area contributed by atoms with E-state index in [0.717, 1.165) is 49.1 Å². The van der Waals surface area contributed by atoms with Crippen molar-refractivity contribution >= 4 is 11.4 Å². The molecule has 0 atom stereocenters. The molecule has 0 N–H and O–H groups in total. The second-order valence-electron chi connectivity index (χ2n) is 5.38. The molecule has 0 aliphatic rings. The average Bonchev–Trinajstić information content (AvgIpc) is 2.60. The van der Waals surface area contributed by atoms with Crippen LogP contribution in [-0.4, -0.2) is 26.2 Å². The van der Waals surface area contributed by atoms with E-state index in [0.29, 0.717) is 0 Å². The Morgan fingerprint density at radius 2 is 0.957 bits per heavy atom. The van der Waals surface area contributed by atoms with Gasteiger partial charge < -0.3 is 14.5 Å². The first kappa shape index (κ1) is 17.2. The normalized spacial score (nSPS) is 10.4. The maximum Gasteiger partial charge on any atom is 0.150 e. The number of para-hydroxylation sites is 4. The second kappa shape index (κ2) is 8.47. The minimum Gasteiger partial charge on any atom is -0.453 e. The lowest BCUT2D eigenvalue weighted by atomic mass is 10.2. The molecule has 0 amide bonds. The van der Waals surface area contributed by atoms with Crippen molar-refractivity contribution in [1.82, 2.24) is 0 Å². The van der Waals surface area contributed by atoms with Crippen molar-refractivity contribution in [2.75, 3.05) is 36.0 Å². The monoisotopic (exact) mass is 312 g/mol. The van der Waals surface area contributed by atoms with Gasteiger partial charge in [0.05, 0.1) is 11.4 Å². The Hall–Kier alpha value is -2.16. The summed E-state index contributed by atoms with van der Waals surface area (Å²) in [5.74, 6) is 1.83. The topological polar surface area (TPSA) is 15.7 Å². The minimum absolute atomic E-state index is 0.913. The first-order chi connectivity index (χ1) is 11.2. The number of hydrogen-bond acceptors (Lipinski definition) is 3. The van der Waals surface area contributed by atoms with Crippen LogP contribution in [0.15, 0.2) is 48.5 Å². The van der Waals surface area contributed by atoms with Crippen LogP contribution in [0.4, 0.5) is 11.4 Å². The Labute approximate surface area is 140 Å². The maximum absolute atomic E-state index is 6.33. The fourth-order valence-corrected chi connectivity index (χ4v) is 2.86. The highest BCUT2D eigenvalue weighted by Crippen LogP contribution is 2.36. The van der Waals surface area contributed by atoms with Crippen LogP contribution in [0.5, 0.6) is 11.5 Å². The third kappa shape index (κ3) is 3.98. The molecule has 0 spiro atoms. The molecule has 0 bridgehead atoms. The molecule has 0 saturated heterocycles. The van der Waals surface area contributed by atoms with Gasteiger partial charge in [0.15, 0.2) is 11.5 Å². The third-order valence-electron chi connectivity index (χ3n) is 4.16. The van der Waals surface area contributed by atoms with Crippen LogP contribution in [0.2, 0.25) is 0 Å². The van der Waals surface area contributed by atoms with E-state index >= 15 is 0 Å². The van der Waals surface area contributed by atoms with Crippen LogP contribution < -0.4 is 14.5 Å². The average molecular weight is 312 g/mol. The highest BCUT2D eigenvalue weighted by molar-refractivity contribution is 5.64. The molecule has 0 saturated carbocycles. The smallest absolute Gasteiger partial charge is 0.150 e. The molecule has 3 heteroatoms. The summed E-state index contributed by atoms with van der Waals surface area (Å²) in [6.45, 7) is 12.6. The maximum atomic E-state index is 6.33. The molecule has 0 aromatic heterocycles. The van der Waals surface area contributed by atoms with Gasteiger partial charge in [-0.2, -0.15) is 0 Å². The van der Waals surface area contributed by atoms with E-state index in [1.165, 1.54) is 0 Å². The van der Waals surface area contributed by atoms with Crippen LogP contribution in [0.3, 0.4) is 0 Å². The molecule has 2 aromatic carbocycles. The minimum atomic E-state index is 0.913. The molecular formula is C20H28N2O. The van der Waals surface area contributed by atoms with Crippen molar-refractivity contribution in [2.45, 2.75) is 27.7 Å². The highest BCUT2D eigenvalue weighted by atomic mass is 16.5. The zero-order valence-electron chi connectivity index (χ0n) is 14.7. The van der Waals surface area contributed by atoms with Crippen molar-refractivity contribution in [3.8, 4) is 11.5 Å². The van der Waals surface area contributed by atoms with Crippen molar-refractivity contribution in [3.05, 3.63) is 48.5 Å². The van der Waals surface area contributed by atoms with Crippen molar-refractivity contribution in [2.24, 2.45) is 0 Å². The first-order valence-electron chi connectivity index (χ1n) is 8.60. The van der Waals surface area contributed by atoms with Gasteiger partial charge in [0.2, 0.25) is 0 Å². The molecule has 0 radical (unpaired) electrons. The fraction of sp³-hybridized carbons (Fsp3) is 0.400. The summed E-state index contributed by atoms with van der Waals surface area (Å²) in [7, 11) is 0. The summed E-state index contributed by atoms with van der Waals surface area (Å²) in [4.78, 5) is 4.63. The Balaban J connectivity index is 2.37. The summed E-state index contributed by atoms with van der Waals surface area (Å²) in [6, 6.07) is 16.5. The number of rotatable bonds is 8. The summed E-state index contributed by atoms with van der Waals surface area (Å²) in [5.41, 5.74) is 2.29. The quantitative estimate of drug-likeness (QED) is 0.668. The zero-order valence-corrected chi connectivity index (χ0v) is 14.7. The van der Waals surface area contributed by atoms with Crippen molar-refractivity contribution in [3.63, 3.8) is 0 Å². The Morgan fingerprint density at radius 1 is 0.609 bits per heavy atom. The molecule has 2 rings (SSSR count). The lowest BCUT2D eigenvalue weighted by Gasteiger charge is -2.26. The van der Waals surface area contributed by atoms with E-state index in [9.17, 15) is 0 Å². The van der Waals surface area contributed by atoms with E-state index < -0.39 is 0 Å². The number of anilines is 2. The molecule has 2 aromatic rings. The Kier molecular flexibility index (Phi) is 6.33. The standard InChI is InChI=1S/C20H28N2O/c1-5-21(6-2)17-13-9-11-15-19(17)23-20-16-12-10-14-18(20)22(7-3)8-4/h9-16H,5-8H2,1-4H3. The van der Waals surface area contributed by atoms with Gasteiger partial charge in [0.25, 0.3) is 0 Å². The van der Waals surface area contributed by atoms with E-state index in [4.69, 9.17) is 4.74 Å². The van der Waals surface area contributed by atoms with Gasteiger partial charge in [0, 0.05) is 26.2 Å². The third-order valence-corrected chi connectivity index (χ3v) is 4.16. The van der Waals surface area contributed by atoms with Gasteiger partial charge in [-0.05, 0) is 52.0 Å². The van der Waals surface area contributed by atoms with E-state index in [1.807, 2.05) is 24.3 Å². The zero-order chi connectivity index (χ0) is 16.7. The Bertz CT molecular complexity index is 551. The van der Waals surface area contributed by atoms with E-state index in [-0.39, 0.29) is 0 Å². The summed E-state index contributed by atoms with van der Waals surface area (Å²) < 4.78 is 6.33. The number of ether oxygens (including phenoxy) is 1. The van der Waals surface area contributed by atoms with Crippen molar-refractivity contribution in [1.29, 1.82) is 0 Å². The lowest BCUT2D eigenvalue weighted by molar-refractivity contribution is 0.480. The molecule has 124 valence electrons. The van der Waals surface area contributed by atoms with Crippen molar-refractivity contribution < 1.29 is 4.74 Å². The van der Waals surface area contributed by atoms with Crippen LogP contribution in [0.1, 0.15) is 27.7 Å². The largest absolute Gasteiger partial charge is 0.453 e. The molecule has 0 fully saturated rings. The molecule has 0 unspecified atom stereocenters. The lowest BCUT2D eigenvalue weighted by Crippen LogP contribution is -2.23. The van der Waals surface area contributed by atoms with Crippen LogP contribution in [-0.2, 0) is 0 Å². The molecule has 0 aliphatic carbocycles. The SMILES string of the molecule is CCN(CC)c1ccccc1Oc1ccccc1N(CC)CC. The van der Waals surface area contributed by atoms with Gasteiger partial charge in [-0.1, -0.05) is 24.3 Å². The summed E-state index contributed by atoms with van der Waals surface area (Å²) in [5, 5.41) is 0. The van der Waals surface area contributed by atoms with Crippen LogP contribution >= 0.6 is 0 Å². The van der Waals surface area contributed by atoms with E-state index in [2.05, 4.69) is 61.8 Å². The summed E-state index contributed by atoms with van der Waals surface area (Å²) in [6.07, 6.45) is 0. The van der Waals surface area contributed by atoms with E-state index in [1.54, 1.807) is 0 Å².